The molecular weight excluding hydrogens is 252 g/mol. The van der Waals surface area contributed by atoms with Gasteiger partial charge in [-0.1, -0.05) is 29.8 Å². The molecule has 1 saturated carbocycles. The van der Waals surface area contributed by atoms with Gasteiger partial charge in [0.05, 0.1) is 0 Å². The molecule has 2 aliphatic rings. The van der Waals surface area contributed by atoms with Crippen LogP contribution in [0, 0.1) is 25.7 Å². The molecule has 19 heavy (non-hydrogen) atoms. The second kappa shape index (κ2) is 4.97. The molecule has 1 aromatic rings. The van der Waals surface area contributed by atoms with Crippen LogP contribution in [0.4, 0.5) is 5.69 Å². The lowest BCUT2D eigenvalue weighted by Crippen LogP contribution is -2.40. The SMILES string of the molecule is Cc1ccc(NC(=S)N[C@H]2C[C@@H]3C=C[C@@H]2C3)c(C)c1. The number of fused-ring (bicyclic) bond motifs is 2. The van der Waals surface area contributed by atoms with Gasteiger partial charge in [-0.25, -0.2) is 0 Å². The number of hydrogen-bond acceptors (Lipinski definition) is 1. The summed E-state index contributed by atoms with van der Waals surface area (Å²) in [7, 11) is 0. The molecule has 0 aromatic heterocycles. The largest absolute Gasteiger partial charge is 0.359 e. The number of anilines is 1. The van der Waals surface area contributed by atoms with Crippen LogP contribution in [-0.4, -0.2) is 11.2 Å². The van der Waals surface area contributed by atoms with Crippen molar-refractivity contribution in [2.24, 2.45) is 11.8 Å². The standard InChI is InChI=1S/C16H20N2S/c1-10-3-6-14(11(2)7-10)17-16(19)18-15-9-12-4-5-13(15)8-12/h3-7,12-13,15H,8-9H2,1-2H3,(H2,17,18,19)/t12-,13-,15+/m1/s1. The molecule has 0 unspecified atom stereocenters. The van der Waals surface area contributed by atoms with Crippen molar-refractivity contribution in [1.82, 2.24) is 5.32 Å². The summed E-state index contributed by atoms with van der Waals surface area (Å²) >= 11 is 5.43. The van der Waals surface area contributed by atoms with E-state index in [4.69, 9.17) is 12.2 Å². The van der Waals surface area contributed by atoms with Crippen molar-refractivity contribution in [1.29, 1.82) is 0 Å². The van der Waals surface area contributed by atoms with E-state index in [0.29, 0.717) is 12.0 Å². The number of thiocarbonyl (C=S) groups is 1. The van der Waals surface area contributed by atoms with Crippen molar-refractivity contribution in [2.45, 2.75) is 32.7 Å². The molecular formula is C16H20N2S. The molecule has 0 amide bonds. The van der Waals surface area contributed by atoms with Gasteiger partial charge in [-0.3, -0.25) is 0 Å². The average molecular weight is 272 g/mol. The van der Waals surface area contributed by atoms with E-state index in [1.807, 2.05) is 0 Å². The number of allylic oxidation sites excluding steroid dienone is 1. The Kier molecular flexibility index (Phi) is 3.31. The van der Waals surface area contributed by atoms with Crippen LogP contribution in [0.15, 0.2) is 30.4 Å². The van der Waals surface area contributed by atoms with Gasteiger partial charge in [-0.15, -0.1) is 0 Å². The molecule has 0 saturated heterocycles. The van der Waals surface area contributed by atoms with Gasteiger partial charge in [0.15, 0.2) is 5.11 Å². The van der Waals surface area contributed by atoms with E-state index in [0.717, 1.165) is 16.7 Å². The third-order valence-electron chi connectivity index (χ3n) is 4.23. The Morgan fingerprint density at radius 2 is 2.05 bits per heavy atom. The number of rotatable bonds is 2. The van der Waals surface area contributed by atoms with Gasteiger partial charge in [0.2, 0.25) is 0 Å². The average Bonchev–Trinajstić information content (AvgIpc) is 2.95. The Labute approximate surface area is 120 Å². The van der Waals surface area contributed by atoms with Crippen LogP contribution < -0.4 is 10.6 Å². The molecule has 2 aliphatic carbocycles. The van der Waals surface area contributed by atoms with Crippen LogP contribution in [0.1, 0.15) is 24.0 Å². The van der Waals surface area contributed by atoms with Crippen LogP contribution in [0.2, 0.25) is 0 Å². The van der Waals surface area contributed by atoms with Crippen molar-refractivity contribution in [3.8, 4) is 0 Å². The van der Waals surface area contributed by atoms with E-state index in [-0.39, 0.29) is 0 Å². The van der Waals surface area contributed by atoms with Crippen LogP contribution >= 0.6 is 12.2 Å². The maximum atomic E-state index is 5.43. The summed E-state index contributed by atoms with van der Waals surface area (Å²) in [5, 5.41) is 7.54. The van der Waals surface area contributed by atoms with E-state index >= 15 is 0 Å². The first kappa shape index (κ1) is 12.7. The predicted molar refractivity (Wildman–Crippen MR) is 84.4 cm³/mol. The summed E-state index contributed by atoms with van der Waals surface area (Å²) in [6, 6.07) is 6.89. The minimum Gasteiger partial charge on any atom is -0.359 e. The zero-order chi connectivity index (χ0) is 13.4. The molecule has 0 radical (unpaired) electrons. The smallest absolute Gasteiger partial charge is 0.171 e. The summed E-state index contributed by atoms with van der Waals surface area (Å²) < 4.78 is 0. The van der Waals surface area contributed by atoms with Gasteiger partial charge in [0, 0.05) is 11.7 Å². The Morgan fingerprint density at radius 3 is 2.68 bits per heavy atom. The number of hydrogen-bond donors (Lipinski definition) is 2. The van der Waals surface area contributed by atoms with Crippen LogP contribution in [0.5, 0.6) is 0 Å². The molecule has 3 heteroatoms. The van der Waals surface area contributed by atoms with E-state index < -0.39 is 0 Å². The fourth-order valence-corrected chi connectivity index (χ4v) is 3.49. The lowest BCUT2D eigenvalue weighted by Gasteiger charge is -2.22. The lowest BCUT2D eigenvalue weighted by molar-refractivity contribution is 0.526. The summed E-state index contributed by atoms with van der Waals surface area (Å²) in [6.45, 7) is 4.22. The predicted octanol–water partition coefficient (Wildman–Crippen LogP) is 3.55. The van der Waals surface area contributed by atoms with Crippen molar-refractivity contribution >= 4 is 23.0 Å². The normalized spacial score (nSPS) is 27.6. The van der Waals surface area contributed by atoms with Gasteiger partial charge in [-0.2, -0.15) is 0 Å². The van der Waals surface area contributed by atoms with Crippen molar-refractivity contribution in [3.05, 3.63) is 41.5 Å². The molecule has 1 fully saturated rings. The van der Waals surface area contributed by atoms with Crippen molar-refractivity contribution < 1.29 is 0 Å². The summed E-state index contributed by atoms with van der Waals surface area (Å²) in [6.07, 6.45) is 7.20. The molecule has 1 aromatic carbocycles. The number of benzene rings is 1. The topological polar surface area (TPSA) is 24.1 Å². The van der Waals surface area contributed by atoms with E-state index in [2.05, 4.69) is 54.8 Å². The second-order valence-corrected chi connectivity index (χ2v) is 6.21. The molecule has 3 atom stereocenters. The highest BCUT2D eigenvalue weighted by atomic mass is 32.1. The summed E-state index contributed by atoms with van der Waals surface area (Å²) in [4.78, 5) is 0. The highest BCUT2D eigenvalue weighted by molar-refractivity contribution is 7.80. The zero-order valence-corrected chi connectivity index (χ0v) is 12.3. The highest BCUT2D eigenvalue weighted by Gasteiger charge is 2.35. The van der Waals surface area contributed by atoms with Crippen LogP contribution in [0.25, 0.3) is 0 Å². The first-order chi connectivity index (χ1) is 9.11. The monoisotopic (exact) mass is 272 g/mol. The fourth-order valence-electron chi connectivity index (χ4n) is 3.23. The zero-order valence-electron chi connectivity index (χ0n) is 11.4. The summed E-state index contributed by atoms with van der Waals surface area (Å²) in [5.41, 5.74) is 3.61. The Balaban J connectivity index is 1.61. The second-order valence-electron chi connectivity index (χ2n) is 5.80. The van der Waals surface area contributed by atoms with Crippen molar-refractivity contribution in [3.63, 3.8) is 0 Å². The first-order valence-electron chi connectivity index (χ1n) is 6.95. The Bertz CT molecular complexity index is 536. The molecule has 0 aliphatic heterocycles. The van der Waals surface area contributed by atoms with Gasteiger partial charge >= 0.3 is 0 Å². The highest BCUT2D eigenvalue weighted by Crippen LogP contribution is 2.38. The first-order valence-corrected chi connectivity index (χ1v) is 7.36. The number of nitrogens with one attached hydrogen (secondary N) is 2. The van der Waals surface area contributed by atoms with Crippen LogP contribution in [-0.2, 0) is 0 Å². The maximum Gasteiger partial charge on any atom is 0.171 e. The lowest BCUT2D eigenvalue weighted by atomic mass is 10.0. The Morgan fingerprint density at radius 1 is 1.21 bits per heavy atom. The third-order valence-corrected chi connectivity index (χ3v) is 4.45. The van der Waals surface area contributed by atoms with E-state index in [1.165, 1.54) is 24.0 Å². The molecule has 2 N–H and O–H groups in total. The van der Waals surface area contributed by atoms with Crippen molar-refractivity contribution in [2.75, 3.05) is 5.32 Å². The third kappa shape index (κ3) is 2.66. The van der Waals surface area contributed by atoms with Gasteiger partial charge < -0.3 is 10.6 Å². The van der Waals surface area contributed by atoms with Gasteiger partial charge in [0.1, 0.15) is 0 Å². The minimum absolute atomic E-state index is 0.515. The summed E-state index contributed by atoms with van der Waals surface area (Å²) in [5.74, 6) is 1.44. The Hall–Kier alpha value is -1.35. The minimum atomic E-state index is 0.515. The fraction of sp³-hybridized carbons (Fsp3) is 0.438. The van der Waals surface area contributed by atoms with E-state index in [9.17, 15) is 0 Å². The molecule has 2 bridgehead atoms. The molecule has 2 nitrogen and oxygen atoms in total. The van der Waals surface area contributed by atoms with Crippen LogP contribution in [0.3, 0.4) is 0 Å². The number of aryl methyl sites for hydroxylation is 2. The molecule has 3 rings (SSSR count). The molecule has 100 valence electrons. The van der Waals surface area contributed by atoms with Gasteiger partial charge in [0.25, 0.3) is 0 Å². The molecule has 0 spiro atoms. The quantitative estimate of drug-likeness (QED) is 0.636. The van der Waals surface area contributed by atoms with Gasteiger partial charge in [-0.05, 0) is 62.4 Å². The maximum absolute atomic E-state index is 5.43. The van der Waals surface area contributed by atoms with E-state index in [1.54, 1.807) is 0 Å². The molecule has 0 heterocycles.